The Hall–Kier alpha value is -2.72. The Morgan fingerprint density at radius 2 is 2.12 bits per heavy atom. The van der Waals surface area contributed by atoms with Crippen molar-refractivity contribution < 1.29 is 22.1 Å². The first-order valence-corrected chi connectivity index (χ1v) is 8.53. The number of rotatable bonds is 3. The summed E-state index contributed by atoms with van der Waals surface area (Å²) in [5.74, 6) is -1.39. The number of hydrogen-bond donors (Lipinski definition) is 1. The summed E-state index contributed by atoms with van der Waals surface area (Å²) in [5.41, 5.74) is 0.114. The average Bonchev–Trinajstić information content (AvgIpc) is 3.07. The van der Waals surface area contributed by atoms with E-state index in [-0.39, 0.29) is 27.8 Å². The number of hydrogen-bond acceptors (Lipinski definition) is 5. The molecule has 1 aliphatic heterocycles. The molecule has 0 atom stereocenters. The first-order chi connectivity index (χ1) is 11.8. The number of nitrogens with one attached hydrogen (secondary N) is 1. The second-order valence-electron chi connectivity index (χ2n) is 4.92. The van der Waals surface area contributed by atoms with Crippen LogP contribution in [0, 0.1) is 5.82 Å². The number of anilines is 1. The molecule has 0 saturated carbocycles. The van der Waals surface area contributed by atoms with Crippen molar-refractivity contribution in [2.24, 2.45) is 4.40 Å². The van der Waals surface area contributed by atoms with E-state index in [1.54, 1.807) is 0 Å². The molecule has 2 heterocycles. The van der Waals surface area contributed by atoms with Crippen molar-refractivity contribution in [2.75, 3.05) is 12.4 Å². The van der Waals surface area contributed by atoms with Crippen molar-refractivity contribution >= 4 is 39.1 Å². The van der Waals surface area contributed by atoms with Crippen LogP contribution in [0.3, 0.4) is 0 Å². The molecule has 2 aromatic rings. The van der Waals surface area contributed by atoms with Gasteiger partial charge in [0, 0.05) is 18.8 Å². The summed E-state index contributed by atoms with van der Waals surface area (Å²) in [6.07, 6.45) is 2.50. The minimum absolute atomic E-state index is 0.0471. The van der Waals surface area contributed by atoms with Crippen molar-refractivity contribution in [1.82, 2.24) is 9.46 Å². The molecule has 11 heteroatoms. The number of benzene rings is 1. The molecule has 8 nitrogen and oxygen atoms in total. The molecule has 1 amide bonds. The summed E-state index contributed by atoms with van der Waals surface area (Å²) < 4.78 is 46.4. The minimum Gasteiger partial charge on any atom is -0.364 e. The van der Waals surface area contributed by atoms with E-state index in [2.05, 4.69) is 19.4 Å². The van der Waals surface area contributed by atoms with Crippen LogP contribution in [0.25, 0.3) is 0 Å². The van der Waals surface area contributed by atoms with Gasteiger partial charge in [0.15, 0.2) is 0 Å². The van der Waals surface area contributed by atoms with Crippen LogP contribution in [0.4, 0.5) is 10.1 Å². The second-order valence-corrected chi connectivity index (χ2v) is 6.95. The predicted octanol–water partition coefficient (Wildman–Crippen LogP) is 1.97. The van der Waals surface area contributed by atoms with Crippen LogP contribution in [-0.2, 0) is 15.0 Å². The molecule has 1 aromatic carbocycles. The van der Waals surface area contributed by atoms with Crippen LogP contribution in [-0.4, -0.2) is 36.5 Å². The molecule has 0 bridgehead atoms. The second kappa shape index (κ2) is 6.30. The number of allylic oxidation sites excluding steroid dienone is 1. The lowest BCUT2D eigenvalue weighted by Crippen LogP contribution is -2.35. The highest BCUT2D eigenvalue weighted by atomic mass is 35.5. The maximum absolute atomic E-state index is 13.2. The van der Waals surface area contributed by atoms with Crippen LogP contribution >= 0.6 is 11.6 Å². The van der Waals surface area contributed by atoms with E-state index >= 15 is 0 Å². The Morgan fingerprint density at radius 1 is 1.36 bits per heavy atom. The fraction of sp³-hybridized carbons (Fsp3) is 0.0714. The van der Waals surface area contributed by atoms with Gasteiger partial charge in [-0.2, -0.15) is 8.42 Å². The molecule has 0 saturated heterocycles. The third-order valence-corrected chi connectivity index (χ3v) is 4.89. The lowest BCUT2D eigenvalue weighted by molar-refractivity contribution is -0.113. The summed E-state index contributed by atoms with van der Waals surface area (Å²) >= 11 is 5.66. The number of carbonyl (C=O) groups is 1. The van der Waals surface area contributed by atoms with Gasteiger partial charge in [0.2, 0.25) is 0 Å². The van der Waals surface area contributed by atoms with Gasteiger partial charge >= 0.3 is 10.2 Å². The molecular weight excluding hydrogens is 375 g/mol. The molecule has 130 valence electrons. The highest BCUT2D eigenvalue weighted by Gasteiger charge is 2.30. The van der Waals surface area contributed by atoms with Crippen molar-refractivity contribution in [3.05, 3.63) is 58.8 Å². The van der Waals surface area contributed by atoms with E-state index in [1.165, 1.54) is 37.6 Å². The molecule has 0 aliphatic carbocycles. The third-order valence-electron chi connectivity index (χ3n) is 3.28. The summed E-state index contributed by atoms with van der Waals surface area (Å²) in [4.78, 5) is 12.5. The first-order valence-electron chi connectivity index (χ1n) is 6.75. The van der Waals surface area contributed by atoms with Crippen molar-refractivity contribution in [3.8, 4) is 0 Å². The largest absolute Gasteiger partial charge is 0.364 e. The van der Waals surface area contributed by atoms with Crippen molar-refractivity contribution in [1.29, 1.82) is 0 Å². The number of amides is 1. The highest BCUT2D eigenvalue weighted by molar-refractivity contribution is 7.88. The van der Waals surface area contributed by atoms with Gasteiger partial charge in [-0.25, -0.2) is 8.70 Å². The quantitative estimate of drug-likeness (QED) is 0.871. The average molecular weight is 385 g/mol. The van der Waals surface area contributed by atoms with Crippen LogP contribution < -0.4 is 5.32 Å². The van der Waals surface area contributed by atoms with Crippen LogP contribution in [0.15, 0.2) is 51.2 Å². The normalized spacial score (nSPS) is 16.2. The highest BCUT2D eigenvalue weighted by Crippen LogP contribution is 2.23. The number of aromatic nitrogens is 1. The molecule has 3 rings (SSSR count). The Balaban J connectivity index is 1.94. The van der Waals surface area contributed by atoms with Crippen molar-refractivity contribution in [2.45, 2.75) is 0 Å². The van der Waals surface area contributed by atoms with E-state index in [0.717, 1.165) is 10.4 Å². The van der Waals surface area contributed by atoms with E-state index in [4.69, 9.17) is 11.6 Å². The number of halogens is 2. The Kier molecular flexibility index (Phi) is 4.31. The Bertz CT molecular complexity index is 1000. The fourth-order valence-electron chi connectivity index (χ4n) is 2.00. The lowest BCUT2D eigenvalue weighted by atomic mass is 10.2. The van der Waals surface area contributed by atoms with Crippen LogP contribution in [0.5, 0.6) is 0 Å². The number of likely N-dealkylation sites (N-methyl/N-ethyl adjacent to an activating group) is 1. The molecule has 0 spiro atoms. The standard InChI is InChI=1S/C14H10ClFN4O4S/c1-20-13(14(21)17-8-2-3-10(16)9(15)6-8)7-12(19-25(20,22)23)11-4-5-24-18-11/h2-7H,1H3,(H,17,21). The van der Waals surface area contributed by atoms with Gasteiger partial charge < -0.3 is 9.84 Å². The molecule has 0 unspecified atom stereocenters. The molecular formula is C14H10ClFN4O4S. The first kappa shape index (κ1) is 17.1. The lowest BCUT2D eigenvalue weighted by Gasteiger charge is -2.23. The maximum atomic E-state index is 13.2. The Labute approximate surface area is 146 Å². The van der Waals surface area contributed by atoms with Crippen LogP contribution in [0.1, 0.15) is 5.69 Å². The van der Waals surface area contributed by atoms with Gasteiger partial charge in [0.25, 0.3) is 5.91 Å². The summed E-state index contributed by atoms with van der Waals surface area (Å²) in [5, 5.41) is 5.88. The fourth-order valence-corrected chi connectivity index (χ4v) is 3.08. The zero-order chi connectivity index (χ0) is 18.2. The van der Waals surface area contributed by atoms with E-state index in [1.807, 2.05) is 0 Å². The molecule has 1 aromatic heterocycles. The maximum Gasteiger partial charge on any atom is 0.345 e. The van der Waals surface area contributed by atoms with Crippen molar-refractivity contribution in [3.63, 3.8) is 0 Å². The molecule has 25 heavy (non-hydrogen) atoms. The van der Waals surface area contributed by atoms with Gasteiger partial charge in [0.1, 0.15) is 29.2 Å². The topological polar surface area (TPSA) is 105 Å². The number of nitrogens with zero attached hydrogens (tertiary/aromatic N) is 3. The van der Waals surface area contributed by atoms with Gasteiger partial charge in [-0.1, -0.05) is 16.8 Å². The van der Waals surface area contributed by atoms with E-state index in [0.29, 0.717) is 0 Å². The Morgan fingerprint density at radius 3 is 2.76 bits per heavy atom. The minimum atomic E-state index is -4.11. The predicted molar refractivity (Wildman–Crippen MR) is 87.8 cm³/mol. The molecule has 0 radical (unpaired) electrons. The van der Waals surface area contributed by atoms with Gasteiger partial charge in [-0.15, -0.1) is 4.40 Å². The molecule has 0 fully saturated rings. The molecule has 1 aliphatic rings. The van der Waals surface area contributed by atoms with Gasteiger partial charge in [-0.3, -0.25) is 4.79 Å². The van der Waals surface area contributed by atoms with Gasteiger partial charge in [-0.05, 0) is 24.3 Å². The van der Waals surface area contributed by atoms with E-state index in [9.17, 15) is 17.6 Å². The van der Waals surface area contributed by atoms with Crippen LogP contribution in [0.2, 0.25) is 5.02 Å². The summed E-state index contributed by atoms with van der Waals surface area (Å²) in [6.45, 7) is 0. The SMILES string of the molecule is CN1C(C(=O)Nc2ccc(F)c(Cl)c2)=CC(c2ccon2)=NS1(=O)=O. The van der Waals surface area contributed by atoms with Gasteiger partial charge in [0.05, 0.1) is 5.02 Å². The molecule has 1 N–H and O–H groups in total. The summed E-state index contributed by atoms with van der Waals surface area (Å²) in [6, 6.07) is 4.99. The van der Waals surface area contributed by atoms with E-state index < -0.39 is 21.9 Å². The smallest absolute Gasteiger partial charge is 0.345 e. The summed E-state index contributed by atoms with van der Waals surface area (Å²) in [7, 11) is -2.93. The monoisotopic (exact) mass is 384 g/mol. The zero-order valence-corrected chi connectivity index (χ0v) is 14.2. The third kappa shape index (κ3) is 3.39. The number of carbonyl (C=O) groups excluding carboxylic acids is 1. The zero-order valence-electron chi connectivity index (χ0n) is 12.6.